The third-order valence-electron chi connectivity index (χ3n) is 4.19. The van der Waals surface area contributed by atoms with Gasteiger partial charge in [0.1, 0.15) is 0 Å². The fraction of sp³-hybridized carbons (Fsp3) is 0.647. The number of ether oxygens (including phenoxy) is 1. The molecule has 1 N–H and O–H groups in total. The van der Waals surface area contributed by atoms with Gasteiger partial charge in [-0.05, 0) is 31.1 Å². The van der Waals surface area contributed by atoms with Crippen LogP contribution in [-0.2, 0) is 11.2 Å². The van der Waals surface area contributed by atoms with Crippen LogP contribution in [0, 0.1) is 0 Å². The van der Waals surface area contributed by atoms with Crippen LogP contribution in [0.25, 0.3) is 0 Å². The van der Waals surface area contributed by atoms with Crippen molar-refractivity contribution in [3.63, 3.8) is 0 Å². The molecular weight excluding hydrogens is 248 g/mol. The second-order valence-corrected chi connectivity index (χ2v) is 5.56. The first-order chi connectivity index (χ1) is 9.78. The van der Waals surface area contributed by atoms with E-state index < -0.39 is 0 Å². The minimum absolute atomic E-state index is 0.241. The van der Waals surface area contributed by atoms with Crippen LogP contribution >= 0.6 is 0 Å². The molecule has 1 saturated heterocycles. The fourth-order valence-electron chi connectivity index (χ4n) is 2.97. The van der Waals surface area contributed by atoms with E-state index in [0.717, 1.165) is 32.7 Å². The van der Waals surface area contributed by atoms with E-state index in [9.17, 15) is 0 Å². The van der Waals surface area contributed by atoms with Gasteiger partial charge in [0.2, 0.25) is 0 Å². The molecular formula is C17H28N2O. The normalized spacial score (nSPS) is 21.9. The highest BCUT2D eigenvalue weighted by Crippen LogP contribution is 2.23. The van der Waals surface area contributed by atoms with Crippen LogP contribution in [0.1, 0.15) is 37.4 Å². The van der Waals surface area contributed by atoms with E-state index in [1.54, 1.807) is 0 Å². The van der Waals surface area contributed by atoms with Gasteiger partial charge in [-0.1, -0.05) is 44.5 Å². The molecule has 3 heteroatoms. The molecule has 0 saturated carbocycles. The Labute approximate surface area is 123 Å². The lowest BCUT2D eigenvalue weighted by atomic mass is 9.98. The number of morpholine rings is 1. The lowest BCUT2D eigenvalue weighted by Gasteiger charge is -2.36. The summed E-state index contributed by atoms with van der Waals surface area (Å²) in [5.74, 6) is 0. The third kappa shape index (κ3) is 3.81. The van der Waals surface area contributed by atoms with Crippen LogP contribution in [0.5, 0.6) is 0 Å². The van der Waals surface area contributed by atoms with Crippen LogP contribution in [-0.4, -0.2) is 44.3 Å². The topological polar surface area (TPSA) is 24.5 Å². The molecule has 0 bridgehead atoms. The minimum Gasteiger partial charge on any atom is -0.374 e. The highest BCUT2D eigenvalue weighted by Gasteiger charge is 2.27. The molecule has 0 spiro atoms. The third-order valence-corrected chi connectivity index (χ3v) is 4.19. The quantitative estimate of drug-likeness (QED) is 0.864. The largest absolute Gasteiger partial charge is 0.374 e. The standard InChI is InChI=1S/C17H28N2O/c1-4-6-14-7-9-15(10-8-14)17(18-3)16-13-19(5-2)11-12-20-16/h7-10,16-18H,4-6,11-13H2,1-3H3. The highest BCUT2D eigenvalue weighted by atomic mass is 16.5. The first-order valence-electron chi connectivity index (χ1n) is 7.88. The maximum Gasteiger partial charge on any atom is 0.0896 e. The first-order valence-corrected chi connectivity index (χ1v) is 7.88. The summed E-state index contributed by atoms with van der Waals surface area (Å²) in [6.07, 6.45) is 2.60. The summed E-state index contributed by atoms with van der Waals surface area (Å²) in [6.45, 7) is 8.45. The van der Waals surface area contributed by atoms with Crippen molar-refractivity contribution in [3.8, 4) is 0 Å². The van der Waals surface area contributed by atoms with Crippen molar-refractivity contribution in [2.75, 3.05) is 33.3 Å². The summed E-state index contributed by atoms with van der Waals surface area (Å²) >= 11 is 0. The average Bonchev–Trinajstić information content (AvgIpc) is 2.50. The van der Waals surface area contributed by atoms with Gasteiger partial charge in [-0.25, -0.2) is 0 Å². The van der Waals surface area contributed by atoms with Crippen molar-refractivity contribution in [3.05, 3.63) is 35.4 Å². The number of rotatable bonds is 6. The molecule has 0 aliphatic carbocycles. The summed E-state index contributed by atoms with van der Waals surface area (Å²) in [6, 6.07) is 9.29. The number of benzene rings is 1. The molecule has 1 aromatic rings. The van der Waals surface area contributed by atoms with Crippen LogP contribution in [0.15, 0.2) is 24.3 Å². The number of hydrogen-bond acceptors (Lipinski definition) is 3. The Morgan fingerprint density at radius 2 is 2.05 bits per heavy atom. The number of nitrogens with zero attached hydrogens (tertiary/aromatic N) is 1. The van der Waals surface area contributed by atoms with Crippen molar-refractivity contribution in [2.24, 2.45) is 0 Å². The Bertz CT molecular complexity index is 390. The van der Waals surface area contributed by atoms with Crippen molar-refractivity contribution >= 4 is 0 Å². The van der Waals surface area contributed by atoms with Gasteiger partial charge < -0.3 is 10.1 Å². The Kier molecular flexibility index (Phi) is 6.02. The lowest BCUT2D eigenvalue weighted by molar-refractivity contribution is -0.0444. The van der Waals surface area contributed by atoms with Crippen LogP contribution in [0.4, 0.5) is 0 Å². The van der Waals surface area contributed by atoms with Gasteiger partial charge >= 0.3 is 0 Å². The molecule has 1 aromatic carbocycles. The molecule has 0 aromatic heterocycles. The van der Waals surface area contributed by atoms with Crippen LogP contribution < -0.4 is 5.32 Å². The zero-order valence-corrected chi connectivity index (χ0v) is 13.1. The highest BCUT2D eigenvalue weighted by molar-refractivity contribution is 5.26. The summed E-state index contributed by atoms with van der Waals surface area (Å²) < 4.78 is 5.99. The van der Waals surface area contributed by atoms with Gasteiger partial charge in [0.25, 0.3) is 0 Å². The smallest absolute Gasteiger partial charge is 0.0896 e. The van der Waals surface area contributed by atoms with Crippen molar-refractivity contribution in [1.29, 1.82) is 0 Å². The summed E-state index contributed by atoms with van der Waals surface area (Å²) in [5, 5.41) is 3.43. The van der Waals surface area contributed by atoms with Crippen molar-refractivity contribution < 1.29 is 4.74 Å². The van der Waals surface area contributed by atoms with Gasteiger partial charge in [-0.15, -0.1) is 0 Å². The van der Waals surface area contributed by atoms with Gasteiger partial charge in [-0.2, -0.15) is 0 Å². The number of hydrogen-bond donors (Lipinski definition) is 1. The van der Waals surface area contributed by atoms with Crippen molar-refractivity contribution in [1.82, 2.24) is 10.2 Å². The van der Waals surface area contributed by atoms with E-state index in [1.807, 2.05) is 7.05 Å². The van der Waals surface area contributed by atoms with Gasteiger partial charge in [0.05, 0.1) is 18.8 Å². The average molecular weight is 276 g/mol. The number of nitrogens with one attached hydrogen (secondary N) is 1. The van der Waals surface area contributed by atoms with Gasteiger partial charge in [0, 0.05) is 13.1 Å². The van der Waals surface area contributed by atoms with Gasteiger partial charge in [-0.3, -0.25) is 4.90 Å². The fourth-order valence-corrected chi connectivity index (χ4v) is 2.97. The Morgan fingerprint density at radius 1 is 1.30 bits per heavy atom. The molecule has 2 unspecified atom stereocenters. The zero-order chi connectivity index (χ0) is 14.4. The predicted octanol–water partition coefficient (Wildman–Crippen LogP) is 2.62. The Morgan fingerprint density at radius 3 is 2.65 bits per heavy atom. The van der Waals surface area contributed by atoms with E-state index in [0.29, 0.717) is 0 Å². The van der Waals surface area contributed by atoms with E-state index in [1.165, 1.54) is 17.5 Å². The SMILES string of the molecule is CCCc1ccc(C(NC)C2CN(CC)CCO2)cc1. The summed E-state index contributed by atoms with van der Waals surface area (Å²) in [5.41, 5.74) is 2.75. The molecule has 1 aliphatic rings. The molecule has 1 heterocycles. The Balaban J connectivity index is 2.06. The zero-order valence-electron chi connectivity index (χ0n) is 13.1. The molecule has 1 aliphatic heterocycles. The maximum absolute atomic E-state index is 5.99. The van der Waals surface area contributed by atoms with Crippen molar-refractivity contribution in [2.45, 2.75) is 38.8 Å². The molecule has 112 valence electrons. The molecule has 0 amide bonds. The summed E-state index contributed by atoms with van der Waals surface area (Å²) in [7, 11) is 2.03. The van der Waals surface area contributed by atoms with E-state index in [2.05, 4.69) is 48.3 Å². The Hall–Kier alpha value is -0.900. The first kappa shape index (κ1) is 15.5. The second-order valence-electron chi connectivity index (χ2n) is 5.56. The number of aryl methyl sites for hydroxylation is 1. The van der Waals surface area contributed by atoms with Crippen LogP contribution in [0.3, 0.4) is 0 Å². The lowest BCUT2D eigenvalue weighted by Crippen LogP contribution is -2.47. The second kappa shape index (κ2) is 7.77. The van der Waals surface area contributed by atoms with Crippen LogP contribution in [0.2, 0.25) is 0 Å². The minimum atomic E-state index is 0.241. The van der Waals surface area contributed by atoms with E-state index in [-0.39, 0.29) is 12.1 Å². The maximum atomic E-state index is 5.99. The molecule has 1 fully saturated rings. The number of likely N-dealkylation sites (N-methyl/N-ethyl adjacent to an activating group) is 2. The predicted molar refractivity (Wildman–Crippen MR) is 84.1 cm³/mol. The molecule has 2 atom stereocenters. The van der Waals surface area contributed by atoms with Gasteiger partial charge in [0.15, 0.2) is 0 Å². The molecule has 0 radical (unpaired) electrons. The molecule has 20 heavy (non-hydrogen) atoms. The molecule has 2 rings (SSSR count). The molecule has 3 nitrogen and oxygen atoms in total. The monoisotopic (exact) mass is 276 g/mol. The van der Waals surface area contributed by atoms with E-state index >= 15 is 0 Å². The van der Waals surface area contributed by atoms with E-state index in [4.69, 9.17) is 4.74 Å². The summed E-state index contributed by atoms with van der Waals surface area (Å²) in [4.78, 5) is 2.46.